The van der Waals surface area contributed by atoms with Crippen molar-refractivity contribution in [3.05, 3.63) is 194 Å². The molecular formula is C54H32N4OS. The normalized spacial score (nSPS) is 11.7. The number of fused-ring (bicyclic) bond motifs is 8. The summed E-state index contributed by atoms with van der Waals surface area (Å²) < 4.78 is 9.33. The minimum absolute atomic E-state index is 0.581. The van der Waals surface area contributed by atoms with Gasteiger partial charge in [-0.2, -0.15) is 0 Å². The Morgan fingerprint density at radius 1 is 0.367 bits per heavy atom. The van der Waals surface area contributed by atoms with E-state index in [2.05, 4.69) is 109 Å². The predicted molar refractivity (Wildman–Crippen MR) is 248 cm³/mol. The summed E-state index contributed by atoms with van der Waals surface area (Å²) in [5, 5.41) is 5.72. The number of benzene rings is 8. The number of para-hydroxylation sites is 2. The average Bonchev–Trinajstić information content (AvgIpc) is 3.91. The van der Waals surface area contributed by atoms with Crippen LogP contribution in [-0.2, 0) is 0 Å². The molecule has 0 N–H and O–H groups in total. The van der Waals surface area contributed by atoms with Crippen LogP contribution in [0.1, 0.15) is 0 Å². The summed E-state index contributed by atoms with van der Waals surface area (Å²) in [5.74, 6) is 1.81. The third kappa shape index (κ3) is 5.69. The molecule has 0 aliphatic rings. The molecule has 0 saturated heterocycles. The number of pyridine rings is 1. The molecule has 0 unspecified atom stereocenters. The van der Waals surface area contributed by atoms with E-state index in [-0.39, 0.29) is 0 Å². The van der Waals surface area contributed by atoms with Gasteiger partial charge in [-0.05, 0) is 41.0 Å². The van der Waals surface area contributed by atoms with E-state index < -0.39 is 0 Å². The van der Waals surface area contributed by atoms with E-state index in [1.54, 1.807) is 0 Å². The van der Waals surface area contributed by atoms with Gasteiger partial charge < -0.3 is 4.42 Å². The van der Waals surface area contributed by atoms with Crippen LogP contribution in [0.15, 0.2) is 199 Å². The van der Waals surface area contributed by atoms with Gasteiger partial charge >= 0.3 is 0 Å². The number of nitrogens with zero attached hydrogens (tertiary/aromatic N) is 4. The number of thiophene rings is 1. The monoisotopic (exact) mass is 784 g/mol. The highest BCUT2D eigenvalue weighted by molar-refractivity contribution is 7.26. The molecule has 0 radical (unpaired) electrons. The molecular weight excluding hydrogens is 753 g/mol. The maximum absolute atomic E-state index is 6.73. The maximum atomic E-state index is 6.73. The largest absolute Gasteiger partial charge is 0.454 e. The molecule has 12 aromatic rings. The molecule has 0 bridgehead atoms. The van der Waals surface area contributed by atoms with Gasteiger partial charge in [-0.1, -0.05) is 170 Å². The lowest BCUT2D eigenvalue weighted by Gasteiger charge is -2.13. The van der Waals surface area contributed by atoms with Crippen molar-refractivity contribution < 1.29 is 4.42 Å². The second-order valence-corrected chi connectivity index (χ2v) is 16.0. The highest BCUT2D eigenvalue weighted by atomic mass is 32.1. The maximum Gasteiger partial charge on any atom is 0.164 e. The van der Waals surface area contributed by atoms with Crippen molar-refractivity contribution in [2.45, 2.75) is 0 Å². The Morgan fingerprint density at radius 3 is 1.63 bits per heavy atom. The summed E-state index contributed by atoms with van der Waals surface area (Å²) in [6.07, 6.45) is 0. The molecule has 6 heteroatoms. The van der Waals surface area contributed by atoms with E-state index in [4.69, 9.17) is 24.4 Å². The smallest absolute Gasteiger partial charge is 0.164 e. The van der Waals surface area contributed by atoms with Crippen molar-refractivity contribution in [1.29, 1.82) is 0 Å². The fourth-order valence-electron chi connectivity index (χ4n) is 8.51. The lowest BCUT2D eigenvalue weighted by Crippen LogP contribution is -2.00. The Hall–Kier alpha value is -7.80. The zero-order valence-corrected chi connectivity index (χ0v) is 32.9. The Morgan fingerprint density at radius 2 is 0.883 bits per heavy atom. The summed E-state index contributed by atoms with van der Waals surface area (Å²) in [5.41, 5.74) is 11.4. The number of hydrogen-bond acceptors (Lipinski definition) is 6. The summed E-state index contributed by atoms with van der Waals surface area (Å²) >= 11 is 1.85. The van der Waals surface area contributed by atoms with Crippen molar-refractivity contribution in [3.8, 4) is 67.7 Å². The van der Waals surface area contributed by atoms with E-state index in [9.17, 15) is 0 Å². The quantitative estimate of drug-likeness (QED) is 0.168. The van der Waals surface area contributed by atoms with Gasteiger partial charge in [0.2, 0.25) is 0 Å². The van der Waals surface area contributed by atoms with E-state index in [0.717, 1.165) is 71.9 Å². The molecule has 8 aromatic carbocycles. The van der Waals surface area contributed by atoms with Gasteiger partial charge in [0.1, 0.15) is 11.3 Å². The molecule has 4 heterocycles. The molecule has 12 rings (SSSR count). The van der Waals surface area contributed by atoms with Gasteiger partial charge in [0.25, 0.3) is 0 Å². The fourth-order valence-corrected chi connectivity index (χ4v) is 9.75. The second-order valence-electron chi connectivity index (χ2n) is 14.9. The molecule has 5 nitrogen and oxygen atoms in total. The third-order valence-corrected chi connectivity index (χ3v) is 12.5. The first-order valence-corrected chi connectivity index (χ1v) is 20.8. The fraction of sp³-hybridized carbons (Fsp3) is 0. The lowest BCUT2D eigenvalue weighted by atomic mass is 9.94. The number of hydrogen-bond donors (Lipinski definition) is 0. The van der Waals surface area contributed by atoms with E-state index in [1.165, 1.54) is 31.3 Å². The highest BCUT2D eigenvalue weighted by Gasteiger charge is 2.21. The van der Waals surface area contributed by atoms with Crippen LogP contribution >= 0.6 is 11.3 Å². The summed E-state index contributed by atoms with van der Waals surface area (Å²) in [6, 6.07) is 67.4. The molecule has 0 saturated carbocycles. The molecule has 280 valence electrons. The van der Waals surface area contributed by atoms with Gasteiger partial charge in [-0.3, -0.25) is 0 Å². The third-order valence-electron chi connectivity index (χ3n) is 11.3. The van der Waals surface area contributed by atoms with Gasteiger partial charge in [0, 0.05) is 64.1 Å². The Bertz CT molecular complexity index is 3550. The van der Waals surface area contributed by atoms with E-state index in [1.807, 2.05) is 96.3 Å². The SMILES string of the molecule is c1ccc(-c2nc(-c3ccccc3)nc(-c3cccc(-c4nc5c(-c6cccc(-c7cccc8c7sc7ccccc78)c6)cccc5c5c4oc4ccccc45)c3)n2)cc1. The zero-order chi connectivity index (χ0) is 39.6. The Kier molecular flexibility index (Phi) is 7.96. The molecule has 0 spiro atoms. The van der Waals surface area contributed by atoms with Crippen molar-refractivity contribution in [1.82, 2.24) is 19.9 Å². The molecule has 0 amide bonds. The predicted octanol–water partition coefficient (Wildman–Crippen LogP) is 14.7. The van der Waals surface area contributed by atoms with Gasteiger partial charge in [-0.15, -0.1) is 11.3 Å². The van der Waals surface area contributed by atoms with Gasteiger partial charge in [-0.25, -0.2) is 19.9 Å². The molecule has 0 aliphatic carbocycles. The van der Waals surface area contributed by atoms with E-state index >= 15 is 0 Å². The Balaban J connectivity index is 1.05. The van der Waals surface area contributed by atoms with Crippen molar-refractivity contribution >= 4 is 64.4 Å². The van der Waals surface area contributed by atoms with Crippen LogP contribution in [0, 0.1) is 0 Å². The number of rotatable bonds is 6. The van der Waals surface area contributed by atoms with Crippen LogP contribution < -0.4 is 0 Å². The Labute approximate surface area is 348 Å². The first kappa shape index (κ1) is 34.3. The molecule has 4 aromatic heterocycles. The van der Waals surface area contributed by atoms with Crippen molar-refractivity contribution in [3.63, 3.8) is 0 Å². The van der Waals surface area contributed by atoms with Crippen LogP contribution in [0.2, 0.25) is 0 Å². The highest BCUT2D eigenvalue weighted by Crippen LogP contribution is 2.44. The van der Waals surface area contributed by atoms with Crippen LogP contribution in [-0.4, -0.2) is 19.9 Å². The minimum atomic E-state index is 0.581. The van der Waals surface area contributed by atoms with Crippen LogP contribution in [0.3, 0.4) is 0 Å². The van der Waals surface area contributed by atoms with Gasteiger partial charge in [0.15, 0.2) is 23.1 Å². The molecule has 60 heavy (non-hydrogen) atoms. The summed E-state index contributed by atoms with van der Waals surface area (Å²) in [7, 11) is 0. The molecule has 0 fully saturated rings. The van der Waals surface area contributed by atoms with Crippen LogP contribution in [0.5, 0.6) is 0 Å². The van der Waals surface area contributed by atoms with Crippen molar-refractivity contribution in [2.24, 2.45) is 0 Å². The average molecular weight is 785 g/mol. The minimum Gasteiger partial charge on any atom is -0.454 e. The number of aromatic nitrogens is 4. The lowest BCUT2D eigenvalue weighted by molar-refractivity contribution is 0.669. The van der Waals surface area contributed by atoms with Gasteiger partial charge in [0.05, 0.1) is 5.52 Å². The van der Waals surface area contributed by atoms with Crippen LogP contribution in [0.4, 0.5) is 0 Å². The molecule has 0 atom stereocenters. The zero-order valence-electron chi connectivity index (χ0n) is 32.1. The van der Waals surface area contributed by atoms with Crippen molar-refractivity contribution in [2.75, 3.05) is 0 Å². The first-order chi connectivity index (χ1) is 29.7. The first-order valence-electron chi connectivity index (χ1n) is 20.0. The second kappa shape index (κ2) is 13.9. The standard InChI is InChI=1S/C54H32N4OS/c1-3-15-33(16-4-1)52-56-53(34-17-5-2-6-18-34)58-54(57-52)38-22-12-21-37(32-38)48-50-47(43-24-7-9-29-45(43)59-50)44-28-13-25-39(49(44)55-48)35-19-11-20-36(31-35)40-26-14-27-42-41-23-8-10-30-46(41)60-51(40)42/h1-32H. The summed E-state index contributed by atoms with van der Waals surface area (Å²) in [4.78, 5) is 20.5. The topological polar surface area (TPSA) is 64.7 Å². The van der Waals surface area contributed by atoms with Crippen LogP contribution in [0.25, 0.3) is 121 Å². The van der Waals surface area contributed by atoms with E-state index in [0.29, 0.717) is 17.5 Å². The molecule has 0 aliphatic heterocycles. The number of furan rings is 1. The summed E-state index contributed by atoms with van der Waals surface area (Å²) in [6.45, 7) is 0.